The number of aryl methyl sites for hydroxylation is 2. The maximum Gasteiger partial charge on any atom is 0.167 e. The van der Waals surface area contributed by atoms with Crippen LogP contribution in [0.5, 0.6) is 0 Å². The Morgan fingerprint density at radius 1 is 0.947 bits per heavy atom. The number of hydrogen-bond donors (Lipinski definition) is 0. The van der Waals surface area contributed by atoms with E-state index in [1.54, 1.807) is 13.0 Å². The molecule has 19 heavy (non-hydrogen) atoms. The molecule has 2 aromatic rings. The number of carbonyl (C=O) groups excluding carboxylic acids is 1. The normalized spacial score (nSPS) is 10.5. The van der Waals surface area contributed by atoms with E-state index in [0.717, 1.165) is 5.56 Å². The van der Waals surface area contributed by atoms with Gasteiger partial charge >= 0.3 is 0 Å². The molecule has 0 saturated carbocycles. The van der Waals surface area contributed by atoms with Gasteiger partial charge in [0.05, 0.1) is 0 Å². The van der Waals surface area contributed by atoms with Crippen LogP contribution >= 0.6 is 0 Å². The molecule has 0 radical (unpaired) electrons. The van der Waals surface area contributed by atoms with Gasteiger partial charge in [0.1, 0.15) is 11.6 Å². The molecule has 0 spiro atoms. The lowest BCUT2D eigenvalue weighted by Crippen LogP contribution is -2.07. The van der Waals surface area contributed by atoms with Crippen molar-refractivity contribution in [3.8, 4) is 0 Å². The molecule has 0 bridgehead atoms. The van der Waals surface area contributed by atoms with E-state index in [1.165, 1.54) is 30.3 Å². The summed E-state index contributed by atoms with van der Waals surface area (Å²) < 4.78 is 26.2. The zero-order chi connectivity index (χ0) is 14.0. The van der Waals surface area contributed by atoms with E-state index in [1.807, 2.05) is 6.92 Å². The molecule has 0 aromatic heterocycles. The van der Waals surface area contributed by atoms with Crippen LogP contribution in [0.2, 0.25) is 0 Å². The van der Waals surface area contributed by atoms with Crippen LogP contribution in [-0.2, 0) is 6.42 Å². The van der Waals surface area contributed by atoms with E-state index in [0.29, 0.717) is 16.7 Å². The Kier molecular flexibility index (Phi) is 3.74. The number of carbonyl (C=O) groups is 1. The highest BCUT2D eigenvalue weighted by molar-refractivity contribution is 5.98. The highest BCUT2D eigenvalue weighted by atomic mass is 19.1. The van der Waals surface area contributed by atoms with Gasteiger partial charge in [-0.3, -0.25) is 4.79 Å². The Bertz CT molecular complexity index is 633. The van der Waals surface area contributed by atoms with E-state index in [4.69, 9.17) is 0 Å². The van der Waals surface area contributed by atoms with E-state index < -0.39 is 0 Å². The van der Waals surface area contributed by atoms with E-state index in [-0.39, 0.29) is 23.8 Å². The van der Waals surface area contributed by atoms with Gasteiger partial charge in [-0.25, -0.2) is 8.78 Å². The zero-order valence-corrected chi connectivity index (χ0v) is 10.8. The van der Waals surface area contributed by atoms with Gasteiger partial charge in [-0.1, -0.05) is 6.07 Å². The minimum absolute atomic E-state index is 0.121. The first-order chi connectivity index (χ1) is 8.97. The van der Waals surface area contributed by atoms with Gasteiger partial charge in [-0.15, -0.1) is 0 Å². The summed E-state index contributed by atoms with van der Waals surface area (Å²) in [5.74, 6) is -0.855. The predicted octanol–water partition coefficient (Wildman–Crippen LogP) is 4.01. The summed E-state index contributed by atoms with van der Waals surface area (Å²) in [5.41, 5.74) is 2.60. The van der Waals surface area contributed by atoms with Crippen LogP contribution in [-0.4, -0.2) is 5.78 Å². The van der Waals surface area contributed by atoms with Crippen LogP contribution in [0.25, 0.3) is 0 Å². The molecule has 2 aromatic carbocycles. The topological polar surface area (TPSA) is 17.1 Å². The van der Waals surface area contributed by atoms with Crippen LogP contribution < -0.4 is 0 Å². The van der Waals surface area contributed by atoms with Crippen molar-refractivity contribution < 1.29 is 13.6 Å². The Morgan fingerprint density at radius 3 is 2.26 bits per heavy atom. The van der Waals surface area contributed by atoms with Crippen molar-refractivity contribution in [2.45, 2.75) is 20.3 Å². The van der Waals surface area contributed by atoms with Crippen molar-refractivity contribution in [3.63, 3.8) is 0 Å². The monoisotopic (exact) mass is 260 g/mol. The number of Topliss-reactive ketones (excluding diaryl/α,β-unsaturated/α-hetero) is 1. The lowest BCUT2D eigenvalue weighted by molar-refractivity contribution is 0.0992. The Balaban J connectivity index is 2.28. The first-order valence-corrected chi connectivity index (χ1v) is 6.02. The fourth-order valence-corrected chi connectivity index (χ4v) is 2.04. The quantitative estimate of drug-likeness (QED) is 0.762. The molecule has 0 fully saturated rings. The maximum absolute atomic E-state index is 13.2. The van der Waals surface area contributed by atoms with E-state index in [9.17, 15) is 13.6 Å². The van der Waals surface area contributed by atoms with Gasteiger partial charge in [0, 0.05) is 12.0 Å². The number of benzene rings is 2. The summed E-state index contributed by atoms with van der Waals surface area (Å²) in [6.45, 7) is 3.52. The molecule has 0 aliphatic rings. The molecule has 0 saturated heterocycles. The minimum atomic E-state index is -0.365. The molecule has 0 aliphatic carbocycles. The largest absolute Gasteiger partial charge is 0.294 e. The van der Waals surface area contributed by atoms with Crippen molar-refractivity contribution in [2.24, 2.45) is 0 Å². The van der Waals surface area contributed by atoms with Crippen molar-refractivity contribution in [1.29, 1.82) is 0 Å². The molecular formula is C16H14F2O. The van der Waals surface area contributed by atoms with Crippen LogP contribution in [0.3, 0.4) is 0 Å². The van der Waals surface area contributed by atoms with Crippen LogP contribution in [0.15, 0.2) is 36.4 Å². The third-order valence-corrected chi connectivity index (χ3v) is 3.15. The summed E-state index contributed by atoms with van der Waals surface area (Å²) in [6, 6.07) is 8.44. The average Bonchev–Trinajstić information content (AvgIpc) is 2.33. The van der Waals surface area contributed by atoms with E-state index in [2.05, 4.69) is 0 Å². The molecule has 0 aliphatic heterocycles. The van der Waals surface area contributed by atoms with Crippen LogP contribution in [0.4, 0.5) is 8.78 Å². The number of ketones is 1. The molecule has 1 nitrogen and oxygen atoms in total. The van der Waals surface area contributed by atoms with Gasteiger partial charge in [-0.2, -0.15) is 0 Å². The summed E-state index contributed by atoms with van der Waals surface area (Å²) >= 11 is 0. The zero-order valence-electron chi connectivity index (χ0n) is 10.8. The lowest BCUT2D eigenvalue weighted by atomic mass is 9.97. The fraction of sp³-hybridized carbons (Fsp3) is 0.188. The van der Waals surface area contributed by atoms with Crippen molar-refractivity contribution >= 4 is 5.78 Å². The second kappa shape index (κ2) is 5.31. The fourth-order valence-electron chi connectivity index (χ4n) is 2.04. The number of halogens is 2. The van der Waals surface area contributed by atoms with Gasteiger partial charge in [-0.05, 0) is 60.9 Å². The molecule has 2 rings (SSSR count). The molecule has 0 amide bonds. The number of hydrogen-bond acceptors (Lipinski definition) is 1. The molecule has 3 heteroatoms. The summed E-state index contributed by atoms with van der Waals surface area (Å²) in [5, 5.41) is 0. The van der Waals surface area contributed by atoms with Gasteiger partial charge in [0.25, 0.3) is 0 Å². The molecular weight excluding hydrogens is 246 g/mol. The van der Waals surface area contributed by atoms with Crippen LogP contribution in [0, 0.1) is 25.5 Å². The van der Waals surface area contributed by atoms with Gasteiger partial charge in [0.15, 0.2) is 5.78 Å². The number of rotatable bonds is 3. The predicted molar refractivity (Wildman–Crippen MR) is 70.3 cm³/mol. The standard InChI is InChI=1S/C16H14F2O/c1-10-3-4-14(18)8-12(10)9-16(19)15-6-5-13(17)7-11(15)2/h3-8H,9H2,1-2H3. The van der Waals surface area contributed by atoms with Crippen molar-refractivity contribution in [2.75, 3.05) is 0 Å². The minimum Gasteiger partial charge on any atom is -0.294 e. The van der Waals surface area contributed by atoms with Gasteiger partial charge in [0.2, 0.25) is 0 Å². The highest BCUT2D eigenvalue weighted by Crippen LogP contribution is 2.16. The highest BCUT2D eigenvalue weighted by Gasteiger charge is 2.12. The Hall–Kier alpha value is -2.03. The van der Waals surface area contributed by atoms with Crippen molar-refractivity contribution in [1.82, 2.24) is 0 Å². The SMILES string of the molecule is Cc1ccc(F)cc1CC(=O)c1ccc(F)cc1C. The average molecular weight is 260 g/mol. The first kappa shape index (κ1) is 13.4. The Labute approximate surface area is 110 Å². The maximum atomic E-state index is 13.2. The third kappa shape index (κ3) is 3.05. The van der Waals surface area contributed by atoms with Crippen LogP contribution in [0.1, 0.15) is 27.0 Å². The first-order valence-electron chi connectivity index (χ1n) is 6.02. The molecule has 0 atom stereocenters. The lowest BCUT2D eigenvalue weighted by Gasteiger charge is -2.07. The molecule has 0 heterocycles. The van der Waals surface area contributed by atoms with Gasteiger partial charge < -0.3 is 0 Å². The second-order valence-electron chi connectivity index (χ2n) is 4.63. The smallest absolute Gasteiger partial charge is 0.167 e. The summed E-state index contributed by atoms with van der Waals surface area (Å²) in [6.07, 6.45) is 0.121. The molecule has 0 N–H and O–H groups in total. The van der Waals surface area contributed by atoms with E-state index >= 15 is 0 Å². The summed E-state index contributed by atoms with van der Waals surface area (Å²) in [7, 11) is 0. The second-order valence-corrected chi connectivity index (χ2v) is 4.63. The Morgan fingerprint density at radius 2 is 1.58 bits per heavy atom. The van der Waals surface area contributed by atoms with Crippen molar-refractivity contribution in [3.05, 3.63) is 70.3 Å². The third-order valence-electron chi connectivity index (χ3n) is 3.15. The molecule has 0 unspecified atom stereocenters. The molecule has 98 valence electrons. The summed E-state index contributed by atoms with van der Waals surface area (Å²) in [4.78, 5) is 12.2.